The number of ether oxygens (including phenoxy) is 2. The summed E-state index contributed by atoms with van der Waals surface area (Å²) in [6, 6.07) is 13.8. The summed E-state index contributed by atoms with van der Waals surface area (Å²) in [6.45, 7) is 4.05. The fraction of sp³-hybridized carbons (Fsp3) is 0.300. The molecule has 0 saturated carbocycles. The van der Waals surface area contributed by atoms with Crippen molar-refractivity contribution in [3.05, 3.63) is 54.1 Å². The second kappa shape index (κ2) is 10.2. The Morgan fingerprint density at radius 1 is 1.07 bits per heavy atom. The lowest BCUT2D eigenvalue weighted by Crippen LogP contribution is -2.30. The quantitative estimate of drug-likeness (QED) is 0.586. The molecule has 0 saturated heterocycles. The van der Waals surface area contributed by atoms with Crippen molar-refractivity contribution in [1.29, 1.82) is 0 Å². The zero-order valence-corrected chi connectivity index (χ0v) is 15.4. The van der Waals surface area contributed by atoms with E-state index in [0.29, 0.717) is 35.8 Å². The smallest absolute Gasteiger partial charge is 0.341 e. The first kappa shape index (κ1) is 20.3. The predicted molar refractivity (Wildman–Crippen MR) is 103 cm³/mol. The van der Waals surface area contributed by atoms with Crippen LogP contribution >= 0.6 is 0 Å². The predicted octanol–water partition coefficient (Wildman–Crippen LogP) is 2.67. The minimum Gasteiger partial charge on any atom is -0.492 e. The van der Waals surface area contributed by atoms with Crippen molar-refractivity contribution in [3.63, 3.8) is 0 Å². The highest BCUT2D eigenvalue weighted by atomic mass is 16.5. The highest BCUT2D eigenvalue weighted by Crippen LogP contribution is 2.24. The summed E-state index contributed by atoms with van der Waals surface area (Å²) in [5.74, 6) is -0.543. The molecular weight excluding hydrogens is 348 g/mol. The molecular formula is C20H24N2O5. The lowest BCUT2D eigenvalue weighted by molar-refractivity contribution is -0.123. The van der Waals surface area contributed by atoms with Crippen molar-refractivity contribution < 1.29 is 24.2 Å². The number of aliphatic hydroxyl groups is 1. The highest BCUT2D eigenvalue weighted by molar-refractivity contribution is 6.00. The van der Waals surface area contributed by atoms with Gasteiger partial charge in [-0.15, -0.1) is 0 Å². The van der Waals surface area contributed by atoms with Crippen molar-refractivity contribution in [1.82, 2.24) is 0 Å². The SMILES string of the molecule is CCOc1ccccc1NC(=O)[C@@H](C)OC(=O)c1ccccc1NCCO. The normalized spacial score (nSPS) is 11.4. The van der Waals surface area contributed by atoms with Crippen LogP contribution in [-0.2, 0) is 9.53 Å². The first-order valence-corrected chi connectivity index (χ1v) is 8.74. The van der Waals surface area contributed by atoms with Gasteiger partial charge in [0.15, 0.2) is 6.10 Å². The molecule has 7 nitrogen and oxygen atoms in total. The van der Waals surface area contributed by atoms with Crippen LogP contribution in [-0.4, -0.2) is 42.8 Å². The van der Waals surface area contributed by atoms with Gasteiger partial charge in [-0.25, -0.2) is 4.79 Å². The molecule has 0 aromatic heterocycles. The minimum absolute atomic E-state index is 0.0680. The Balaban J connectivity index is 2.03. The Morgan fingerprint density at radius 3 is 2.44 bits per heavy atom. The Hall–Kier alpha value is -3.06. The Kier molecular flexibility index (Phi) is 7.63. The lowest BCUT2D eigenvalue weighted by atomic mass is 10.1. The first-order chi connectivity index (χ1) is 13.1. The number of carbonyl (C=O) groups excluding carboxylic acids is 2. The Labute approximate surface area is 158 Å². The van der Waals surface area contributed by atoms with Crippen LogP contribution in [0.4, 0.5) is 11.4 Å². The number of carbonyl (C=O) groups is 2. The first-order valence-electron chi connectivity index (χ1n) is 8.74. The summed E-state index contributed by atoms with van der Waals surface area (Å²) in [6.07, 6.45) is -1.00. The lowest BCUT2D eigenvalue weighted by Gasteiger charge is -2.17. The largest absolute Gasteiger partial charge is 0.492 e. The van der Waals surface area contributed by atoms with Gasteiger partial charge in [0, 0.05) is 12.2 Å². The summed E-state index contributed by atoms with van der Waals surface area (Å²) in [7, 11) is 0. The van der Waals surface area contributed by atoms with E-state index in [-0.39, 0.29) is 6.61 Å². The molecule has 2 aromatic rings. The van der Waals surface area contributed by atoms with Gasteiger partial charge in [0.2, 0.25) is 0 Å². The van der Waals surface area contributed by atoms with Crippen LogP contribution in [0.1, 0.15) is 24.2 Å². The van der Waals surface area contributed by atoms with Crippen LogP contribution in [0.2, 0.25) is 0 Å². The molecule has 0 spiro atoms. The highest BCUT2D eigenvalue weighted by Gasteiger charge is 2.21. The van der Waals surface area contributed by atoms with Crippen LogP contribution in [0.3, 0.4) is 0 Å². The zero-order chi connectivity index (χ0) is 19.6. The van der Waals surface area contributed by atoms with Gasteiger partial charge in [-0.3, -0.25) is 4.79 Å². The third-order valence-corrected chi connectivity index (χ3v) is 3.67. The molecule has 0 aliphatic heterocycles. The van der Waals surface area contributed by atoms with Gasteiger partial charge >= 0.3 is 5.97 Å². The topological polar surface area (TPSA) is 96.9 Å². The second-order valence-electron chi connectivity index (χ2n) is 5.66. The number of nitrogens with one attached hydrogen (secondary N) is 2. The molecule has 0 radical (unpaired) electrons. The molecule has 2 aromatic carbocycles. The molecule has 0 unspecified atom stereocenters. The molecule has 144 valence electrons. The van der Waals surface area contributed by atoms with E-state index >= 15 is 0 Å². The zero-order valence-electron chi connectivity index (χ0n) is 15.4. The van der Waals surface area contributed by atoms with E-state index in [0.717, 1.165) is 0 Å². The average Bonchev–Trinajstić information content (AvgIpc) is 2.68. The summed E-state index contributed by atoms with van der Waals surface area (Å²) in [4.78, 5) is 24.8. The van der Waals surface area contributed by atoms with Crippen molar-refractivity contribution in [2.75, 3.05) is 30.4 Å². The van der Waals surface area contributed by atoms with Crippen LogP contribution in [0.15, 0.2) is 48.5 Å². The van der Waals surface area contributed by atoms with E-state index in [1.807, 2.05) is 6.92 Å². The van der Waals surface area contributed by atoms with E-state index in [4.69, 9.17) is 14.6 Å². The fourth-order valence-corrected chi connectivity index (χ4v) is 2.37. The number of esters is 1. The van der Waals surface area contributed by atoms with Crippen molar-refractivity contribution in [3.8, 4) is 5.75 Å². The van der Waals surface area contributed by atoms with E-state index in [2.05, 4.69) is 10.6 Å². The standard InChI is InChI=1S/C20H24N2O5/c1-3-26-18-11-7-6-10-17(18)22-19(24)14(2)27-20(25)15-8-4-5-9-16(15)21-12-13-23/h4-11,14,21,23H,3,12-13H2,1-2H3,(H,22,24)/t14-/m1/s1. The van der Waals surface area contributed by atoms with Crippen molar-refractivity contribution in [2.24, 2.45) is 0 Å². The number of rotatable bonds is 9. The van der Waals surface area contributed by atoms with Gasteiger partial charge in [-0.1, -0.05) is 24.3 Å². The van der Waals surface area contributed by atoms with E-state index in [9.17, 15) is 9.59 Å². The molecule has 0 aliphatic rings. The van der Waals surface area contributed by atoms with Gasteiger partial charge < -0.3 is 25.2 Å². The number of anilines is 2. The average molecular weight is 372 g/mol. The Bertz CT molecular complexity index is 778. The summed E-state index contributed by atoms with van der Waals surface area (Å²) < 4.78 is 10.8. The number of benzene rings is 2. The molecule has 1 atom stereocenters. The second-order valence-corrected chi connectivity index (χ2v) is 5.66. The van der Waals surface area contributed by atoms with Gasteiger partial charge in [-0.05, 0) is 38.1 Å². The van der Waals surface area contributed by atoms with Crippen LogP contribution in [0, 0.1) is 0 Å². The van der Waals surface area contributed by atoms with Crippen LogP contribution in [0.25, 0.3) is 0 Å². The summed E-state index contributed by atoms with van der Waals surface area (Å²) in [5, 5.41) is 14.6. The number of aliphatic hydroxyl groups excluding tert-OH is 1. The molecule has 3 N–H and O–H groups in total. The minimum atomic E-state index is -1.00. The van der Waals surface area contributed by atoms with E-state index in [1.165, 1.54) is 6.92 Å². The van der Waals surface area contributed by atoms with E-state index < -0.39 is 18.0 Å². The monoisotopic (exact) mass is 372 g/mol. The van der Waals surface area contributed by atoms with Gasteiger partial charge in [0.05, 0.1) is 24.5 Å². The fourth-order valence-electron chi connectivity index (χ4n) is 2.37. The number of hydrogen-bond acceptors (Lipinski definition) is 6. The molecule has 7 heteroatoms. The van der Waals surface area contributed by atoms with Crippen molar-refractivity contribution in [2.45, 2.75) is 20.0 Å². The molecule has 0 bridgehead atoms. The molecule has 0 heterocycles. The third kappa shape index (κ3) is 5.72. The molecule has 2 rings (SSSR count). The van der Waals surface area contributed by atoms with Gasteiger partial charge in [0.25, 0.3) is 5.91 Å². The van der Waals surface area contributed by atoms with Crippen molar-refractivity contribution >= 4 is 23.3 Å². The van der Waals surface area contributed by atoms with Gasteiger partial charge in [-0.2, -0.15) is 0 Å². The maximum absolute atomic E-state index is 12.4. The third-order valence-electron chi connectivity index (χ3n) is 3.67. The Morgan fingerprint density at radius 2 is 1.74 bits per heavy atom. The summed E-state index contributed by atoms with van der Waals surface area (Å²) in [5.41, 5.74) is 1.34. The molecule has 0 fully saturated rings. The van der Waals surface area contributed by atoms with Crippen LogP contribution < -0.4 is 15.4 Å². The number of para-hydroxylation sites is 3. The maximum Gasteiger partial charge on any atom is 0.341 e. The van der Waals surface area contributed by atoms with Crippen LogP contribution in [0.5, 0.6) is 5.75 Å². The number of hydrogen-bond donors (Lipinski definition) is 3. The molecule has 27 heavy (non-hydrogen) atoms. The van der Waals surface area contributed by atoms with E-state index in [1.54, 1.807) is 48.5 Å². The number of amides is 1. The molecule has 0 aliphatic carbocycles. The molecule has 1 amide bonds. The maximum atomic E-state index is 12.4. The summed E-state index contributed by atoms with van der Waals surface area (Å²) >= 11 is 0. The van der Waals surface area contributed by atoms with Gasteiger partial charge in [0.1, 0.15) is 5.75 Å².